The molecule has 100 valence electrons. The molecule has 0 saturated heterocycles. The van der Waals surface area contributed by atoms with Crippen molar-refractivity contribution in [3.8, 4) is 0 Å². The number of nitrogen functional groups attached to an aromatic ring is 1. The zero-order chi connectivity index (χ0) is 13.2. The minimum atomic E-state index is -0.120. The third kappa shape index (κ3) is 2.79. The van der Waals surface area contributed by atoms with Gasteiger partial charge in [-0.15, -0.1) is 0 Å². The number of aliphatic hydroxyl groups is 1. The molecule has 0 atom stereocenters. The molecule has 0 bridgehead atoms. The van der Waals surface area contributed by atoms with Gasteiger partial charge in [0.2, 0.25) is 0 Å². The van der Waals surface area contributed by atoms with E-state index in [-0.39, 0.29) is 6.10 Å². The summed E-state index contributed by atoms with van der Waals surface area (Å²) >= 11 is 0. The Balaban J connectivity index is 1.76. The summed E-state index contributed by atoms with van der Waals surface area (Å²) in [5.41, 5.74) is 7.47. The zero-order valence-corrected chi connectivity index (χ0v) is 10.8. The van der Waals surface area contributed by atoms with Crippen molar-refractivity contribution in [3.63, 3.8) is 0 Å². The Morgan fingerprint density at radius 3 is 2.68 bits per heavy atom. The second-order valence-electron chi connectivity index (χ2n) is 5.30. The van der Waals surface area contributed by atoms with E-state index in [2.05, 4.69) is 10.3 Å². The van der Waals surface area contributed by atoms with Crippen molar-refractivity contribution < 1.29 is 5.11 Å². The maximum absolute atomic E-state index is 9.51. The summed E-state index contributed by atoms with van der Waals surface area (Å²) in [5.74, 6) is 0.902. The topological polar surface area (TPSA) is 71.2 Å². The third-order valence-corrected chi connectivity index (χ3v) is 3.76. The molecule has 0 amide bonds. The van der Waals surface area contributed by atoms with Crippen LogP contribution in [0.2, 0.25) is 0 Å². The van der Waals surface area contributed by atoms with Crippen molar-refractivity contribution in [2.45, 2.75) is 37.8 Å². The summed E-state index contributed by atoms with van der Waals surface area (Å²) in [6.45, 7) is 0. The van der Waals surface area contributed by atoms with E-state index in [1.807, 2.05) is 30.3 Å². The highest BCUT2D eigenvalue weighted by Crippen LogP contribution is 2.23. The first kappa shape index (κ1) is 12.2. The van der Waals surface area contributed by atoms with Gasteiger partial charge in [0.05, 0.1) is 11.6 Å². The van der Waals surface area contributed by atoms with Crippen molar-refractivity contribution in [2.24, 2.45) is 0 Å². The van der Waals surface area contributed by atoms with E-state index in [9.17, 15) is 5.11 Å². The van der Waals surface area contributed by atoms with Gasteiger partial charge in [0.25, 0.3) is 0 Å². The monoisotopic (exact) mass is 257 g/mol. The fraction of sp³-hybridized carbons (Fsp3) is 0.400. The van der Waals surface area contributed by atoms with Crippen molar-refractivity contribution in [1.82, 2.24) is 4.98 Å². The molecule has 1 aromatic heterocycles. The van der Waals surface area contributed by atoms with Crippen LogP contribution in [0.3, 0.4) is 0 Å². The van der Waals surface area contributed by atoms with Crippen molar-refractivity contribution in [3.05, 3.63) is 30.3 Å². The third-order valence-electron chi connectivity index (χ3n) is 3.76. The minimum absolute atomic E-state index is 0.120. The standard InChI is InChI=1S/C15H19N3O/c16-11-2-7-14-10(9-11)1-8-15(18-14)17-12-3-5-13(19)6-4-12/h1-2,7-9,12-13,19H,3-6,16H2,(H,17,18). The summed E-state index contributed by atoms with van der Waals surface area (Å²) in [4.78, 5) is 4.60. The van der Waals surface area contributed by atoms with E-state index in [0.29, 0.717) is 6.04 Å². The fourth-order valence-corrected chi connectivity index (χ4v) is 2.65. The van der Waals surface area contributed by atoms with Gasteiger partial charge in [-0.2, -0.15) is 0 Å². The number of rotatable bonds is 2. The number of aliphatic hydroxyl groups excluding tert-OH is 1. The van der Waals surface area contributed by atoms with E-state index in [1.54, 1.807) is 0 Å². The molecule has 2 aromatic rings. The Morgan fingerprint density at radius 1 is 1.11 bits per heavy atom. The van der Waals surface area contributed by atoms with E-state index < -0.39 is 0 Å². The first-order valence-electron chi connectivity index (χ1n) is 6.81. The predicted molar refractivity (Wildman–Crippen MR) is 78.0 cm³/mol. The van der Waals surface area contributed by atoms with Crippen LogP contribution in [-0.4, -0.2) is 22.2 Å². The van der Waals surface area contributed by atoms with E-state index in [1.165, 1.54) is 0 Å². The first-order valence-corrected chi connectivity index (χ1v) is 6.81. The van der Waals surface area contributed by atoms with Crippen LogP contribution in [0.1, 0.15) is 25.7 Å². The van der Waals surface area contributed by atoms with Gasteiger partial charge in [-0.25, -0.2) is 4.98 Å². The number of nitrogens with zero attached hydrogens (tertiary/aromatic N) is 1. The van der Waals surface area contributed by atoms with Crippen molar-refractivity contribution in [2.75, 3.05) is 11.1 Å². The Kier molecular flexibility index (Phi) is 3.25. The van der Waals surface area contributed by atoms with Gasteiger partial charge in [-0.3, -0.25) is 0 Å². The number of anilines is 2. The average molecular weight is 257 g/mol. The lowest BCUT2D eigenvalue weighted by Crippen LogP contribution is -2.28. The molecule has 19 heavy (non-hydrogen) atoms. The lowest BCUT2D eigenvalue weighted by atomic mass is 9.93. The van der Waals surface area contributed by atoms with Crippen LogP contribution in [0.25, 0.3) is 10.9 Å². The second kappa shape index (κ2) is 5.05. The predicted octanol–water partition coefficient (Wildman–Crippen LogP) is 2.53. The number of aromatic nitrogens is 1. The van der Waals surface area contributed by atoms with Gasteiger partial charge in [-0.1, -0.05) is 0 Å². The van der Waals surface area contributed by atoms with Gasteiger partial charge in [-0.05, 0) is 56.0 Å². The number of pyridine rings is 1. The van der Waals surface area contributed by atoms with E-state index in [4.69, 9.17) is 5.73 Å². The summed E-state index contributed by atoms with van der Waals surface area (Å²) < 4.78 is 0. The number of nitrogens with one attached hydrogen (secondary N) is 1. The summed E-state index contributed by atoms with van der Waals surface area (Å²) in [7, 11) is 0. The number of hydrogen-bond acceptors (Lipinski definition) is 4. The SMILES string of the molecule is Nc1ccc2nc(NC3CCC(O)CC3)ccc2c1. The second-order valence-corrected chi connectivity index (χ2v) is 5.30. The molecular formula is C15H19N3O. The summed E-state index contributed by atoms with van der Waals surface area (Å²) in [6, 6.07) is 10.2. The van der Waals surface area contributed by atoms with E-state index in [0.717, 1.165) is 48.1 Å². The minimum Gasteiger partial charge on any atom is -0.399 e. The molecule has 1 aromatic carbocycles. The fourth-order valence-electron chi connectivity index (χ4n) is 2.65. The number of hydrogen-bond donors (Lipinski definition) is 3. The quantitative estimate of drug-likeness (QED) is 0.723. The van der Waals surface area contributed by atoms with Crippen LogP contribution in [0.15, 0.2) is 30.3 Å². The molecular weight excluding hydrogens is 238 g/mol. The number of fused-ring (bicyclic) bond motifs is 1. The molecule has 0 unspecified atom stereocenters. The molecule has 0 aliphatic heterocycles. The van der Waals surface area contributed by atoms with Crippen LogP contribution in [0.4, 0.5) is 11.5 Å². The molecule has 3 rings (SSSR count). The molecule has 0 spiro atoms. The largest absolute Gasteiger partial charge is 0.399 e. The van der Waals surface area contributed by atoms with Gasteiger partial charge >= 0.3 is 0 Å². The lowest BCUT2D eigenvalue weighted by molar-refractivity contribution is 0.126. The van der Waals surface area contributed by atoms with Crippen LogP contribution >= 0.6 is 0 Å². The van der Waals surface area contributed by atoms with Gasteiger partial charge in [0, 0.05) is 17.1 Å². The molecule has 1 heterocycles. The Morgan fingerprint density at radius 2 is 1.89 bits per heavy atom. The molecule has 1 fully saturated rings. The highest BCUT2D eigenvalue weighted by Gasteiger charge is 2.19. The van der Waals surface area contributed by atoms with Crippen LogP contribution < -0.4 is 11.1 Å². The smallest absolute Gasteiger partial charge is 0.126 e. The Labute approximate surface area is 112 Å². The highest BCUT2D eigenvalue weighted by molar-refractivity contribution is 5.83. The van der Waals surface area contributed by atoms with Crippen molar-refractivity contribution >= 4 is 22.4 Å². The summed E-state index contributed by atoms with van der Waals surface area (Å²) in [5, 5.41) is 14.0. The molecule has 1 aliphatic rings. The van der Waals surface area contributed by atoms with Crippen molar-refractivity contribution in [1.29, 1.82) is 0 Å². The maximum Gasteiger partial charge on any atom is 0.126 e. The molecule has 4 nitrogen and oxygen atoms in total. The molecule has 4 heteroatoms. The lowest BCUT2D eigenvalue weighted by Gasteiger charge is -2.26. The molecule has 1 saturated carbocycles. The Hall–Kier alpha value is -1.81. The number of benzene rings is 1. The summed E-state index contributed by atoms with van der Waals surface area (Å²) in [6.07, 6.45) is 3.64. The van der Waals surface area contributed by atoms with Gasteiger partial charge in [0.1, 0.15) is 5.82 Å². The molecule has 0 radical (unpaired) electrons. The molecule has 4 N–H and O–H groups in total. The Bertz CT molecular complexity index is 577. The number of nitrogens with two attached hydrogens (primary N) is 1. The van der Waals surface area contributed by atoms with E-state index >= 15 is 0 Å². The van der Waals surface area contributed by atoms with Crippen LogP contribution in [-0.2, 0) is 0 Å². The van der Waals surface area contributed by atoms with Crippen LogP contribution in [0, 0.1) is 0 Å². The van der Waals surface area contributed by atoms with Gasteiger partial charge in [0.15, 0.2) is 0 Å². The average Bonchev–Trinajstić information content (AvgIpc) is 2.42. The maximum atomic E-state index is 9.51. The highest BCUT2D eigenvalue weighted by atomic mass is 16.3. The van der Waals surface area contributed by atoms with Crippen LogP contribution in [0.5, 0.6) is 0 Å². The normalized spacial score (nSPS) is 23.4. The first-order chi connectivity index (χ1) is 9.20. The zero-order valence-electron chi connectivity index (χ0n) is 10.8. The molecule has 1 aliphatic carbocycles. The van der Waals surface area contributed by atoms with Gasteiger partial charge < -0.3 is 16.2 Å².